The number of aryl methyl sites for hydroxylation is 2. The molecule has 2 unspecified atom stereocenters. The molecule has 2 aromatic heterocycles. The summed E-state index contributed by atoms with van der Waals surface area (Å²) < 4.78 is 5.25. The summed E-state index contributed by atoms with van der Waals surface area (Å²) in [5.41, 5.74) is 5.33. The van der Waals surface area contributed by atoms with Crippen LogP contribution in [0.15, 0.2) is 41.0 Å². The van der Waals surface area contributed by atoms with E-state index >= 15 is 0 Å². The second-order valence-corrected chi connectivity index (χ2v) is 6.51. The standard InChI is InChI=1S/C19H22N2O2/c1-12-4-6-16-14(9-12)15-10-13(5-7-17(15)21-16)20-11-18(22)19-3-2-8-23-19/h2-4,6,8-9,13,18,20-22H,5,7,10-11H2,1H3. The van der Waals surface area contributed by atoms with Gasteiger partial charge in [-0.05, 0) is 56.0 Å². The predicted molar refractivity (Wildman–Crippen MR) is 90.5 cm³/mol. The molecule has 4 rings (SSSR count). The second-order valence-electron chi connectivity index (χ2n) is 6.51. The van der Waals surface area contributed by atoms with Crippen molar-refractivity contribution in [2.45, 2.75) is 38.3 Å². The molecule has 120 valence electrons. The van der Waals surface area contributed by atoms with E-state index in [2.05, 4.69) is 35.4 Å². The van der Waals surface area contributed by atoms with Crippen LogP contribution in [0.4, 0.5) is 0 Å². The summed E-state index contributed by atoms with van der Waals surface area (Å²) in [5, 5.41) is 15.0. The maximum Gasteiger partial charge on any atom is 0.133 e. The van der Waals surface area contributed by atoms with Gasteiger partial charge in [0, 0.05) is 29.2 Å². The number of aromatic nitrogens is 1. The summed E-state index contributed by atoms with van der Waals surface area (Å²) in [6.07, 6.45) is 4.15. The molecule has 3 N–H and O–H groups in total. The van der Waals surface area contributed by atoms with Gasteiger partial charge in [0.2, 0.25) is 0 Å². The first-order chi connectivity index (χ1) is 11.2. The molecule has 0 radical (unpaired) electrons. The van der Waals surface area contributed by atoms with Crippen molar-refractivity contribution in [3.8, 4) is 0 Å². The van der Waals surface area contributed by atoms with Crippen molar-refractivity contribution in [3.05, 3.63) is 59.2 Å². The number of H-pyrrole nitrogens is 1. The molecule has 0 amide bonds. The van der Waals surface area contributed by atoms with Crippen LogP contribution in [0.1, 0.15) is 35.1 Å². The maximum absolute atomic E-state index is 10.1. The fraction of sp³-hybridized carbons (Fsp3) is 0.368. The average Bonchev–Trinajstić information content (AvgIpc) is 3.20. The summed E-state index contributed by atoms with van der Waals surface area (Å²) >= 11 is 0. The fourth-order valence-corrected chi connectivity index (χ4v) is 3.56. The van der Waals surface area contributed by atoms with Crippen LogP contribution in [0.5, 0.6) is 0 Å². The van der Waals surface area contributed by atoms with E-state index in [0.717, 1.165) is 19.3 Å². The zero-order valence-electron chi connectivity index (χ0n) is 13.3. The molecule has 0 fully saturated rings. The molecular formula is C19H22N2O2. The third-order valence-corrected chi connectivity index (χ3v) is 4.81. The number of rotatable bonds is 4. The van der Waals surface area contributed by atoms with Gasteiger partial charge in [0.1, 0.15) is 11.9 Å². The van der Waals surface area contributed by atoms with E-state index in [1.807, 2.05) is 6.07 Å². The van der Waals surface area contributed by atoms with Gasteiger partial charge in [0.15, 0.2) is 0 Å². The van der Waals surface area contributed by atoms with E-state index in [-0.39, 0.29) is 0 Å². The SMILES string of the molecule is Cc1ccc2[nH]c3c(c2c1)CC(NCC(O)c1ccco1)CC3. The Balaban J connectivity index is 1.48. The van der Waals surface area contributed by atoms with Crippen LogP contribution in [-0.2, 0) is 12.8 Å². The molecule has 23 heavy (non-hydrogen) atoms. The molecule has 0 bridgehead atoms. The lowest BCUT2D eigenvalue weighted by atomic mass is 9.91. The van der Waals surface area contributed by atoms with Gasteiger partial charge < -0.3 is 19.8 Å². The minimum absolute atomic E-state index is 0.395. The quantitative estimate of drug-likeness (QED) is 0.693. The first-order valence-corrected chi connectivity index (χ1v) is 8.25. The zero-order chi connectivity index (χ0) is 15.8. The average molecular weight is 310 g/mol. The van der Waals surface area contributed by atoms with E-state index < -0.39 is 6.10 Å². The van der Waals surface area contributed by atoms with Crippen LogP contribution < -0.4 is 5.32 Å². The molecule has 0 saturated heterocycles. The van der Waals surface area contributed by atoms with Crippen molar-refractivity contribution < 1.29 is 9.52 Å². The smallest absolute Gasteiger partial charge is 0.133 e. The van der Waals surface area contributed by atoms with E-state index in [1.165, 1.54) is 27.7 Å². The Bertz CT molecular complexity index is 804. The van der Waals surface area contributed by atoms with Crippen molar-refractivity contribution in [2.75, 3.05) is 6.54 Å². The van der Waals surface area contributed by atoms with Crippen molar-refractivity contribution in [1.29, 1.82) is 0 Å². The fourth-order valence-electron chi connectivity index (χ4n) is 3.56. The number of nitrogens with one attached hydrogen (secondary N) is 2. The first kappa shape index (κ1) is 14.5. The summed E-state index contributed by atoms with van der Waals surface area (Å²) in [6.45, 7) is 2.66. The lowest BCUT2D eigenvalue weighted by Gasteiger charge is -2.24. The van der Waals surface area contributed by atoms with Crippen LogP contribution in [0.3, 0.4) is 0 Å². The Kier molecular flexibility index (Phi) is 3.71. The molecule has 1 aliphatic rings. The number of hydrogen-bond donors (Lipinski definition) is 3. The predicted octanol–water partition coefficient (Wildman–Crippen LogP) is 3.25. The molecule has 4 nitrogen and oxygen atoms in total. The summed E-state index contributed by atoms with van der Waals surface area (Å²) in [7, 11) is 0. The van der Waals surface area contributed by atoms with Crippen molar-refractivity contribution in [3.63, 3.8) is 0 Å². The van der Waals surface area contributed by atoms with Gasteiger partial charge in [-0.1, -0.05) is 11.6 Å². The number of hydrogen-bond acceptors (Lipinski definition) is 3. The third-order valence-electron chi connectivity index (χ3n) is 4.81. The lowest BCUT2D eigenvalue weighted by Crippen LogP contribution is -2.37. The van der Waals surface area contributed by atoms with Crippen molar-refractivity contribution in [1.82, 2.24) is 10.3 Å². The molecule has 2 atom stereocenters. The van der Waals surface area contributed by atoms with Gasteiger partial charge in [0.25, 0.3) is 0 Å². The second kappa shape index (κ2) is 5.87. The summed E-state index contributed by atoms with van der Waals surface area (Å²) in [5.74, 6) is 0.622. The third kappa shape index (κ3) is 2.80. The topological polar surface area (TPSA) is 61.2 Å². The number of fused-ring (bicyclic) bond motifs is 3. The number of aliphatic hydroxyl groups excluding tert-OH is 1. The first-order valence-electron chi connectivity index (χ1n) is 8.25. The number of benzene rings is 1. The molecule has 0 aliphatic heterocycles. The van der Waals surface area contributed by atoms with E-state index in [0.29, 0.717) is 18.3 Å². The van der Waals surface area contributed by atoms with Crippen molar-refractivity contribution in [2.24, 2.45) is 0 Å². The van der Waals surface area contributed by atoms with E-state index in [9.17, 15) is 5.11 Å². The Morgan fingerprint density at radius 3 is 3.13 bits per heavy atom. The van der Waals surface area contributed by atoms with Crippen LogP contribution in [0.25, 0.3) is 10.9 Å². The molecule has 2 heterocycles. The highest BCUT2D eigenvalue weighted by Crippen LogP contribution is 2.30. The highest BCUT2D eigenvalue weighted by Gasteiger charge is 2.23. The van der Waals surface area contributed by atoms with E-state index in [1.54, 1.807) is 12.3 Å². The minimum atomic E-state index is -0.586. The molecule has 0 spiro atoms. The maximum atomic E-state index is 10.1. The lowest BCUT2D eigenvalue weighted by molar-refractivity contribution is 0.142. The Morgan fingerprint density at radius 1 is 1.39 bits per heavy atom. The molecular weight excluding hydrogens is 288 g/mol. The molecule has 4 heteroatoms. The number of aliphatic hydroxyl groups is 1. The molecule has 1 aromatic carbocycles. The summed E-state index contributed by atoms with van der Waals surface area (Å²) in [6, 6.07) is 10.6. The van der Waals surface area contributed by atoms with Gasteiger partial charge in [-0.25, -0.2) is 0 Å². The van der Waals surface area contributed by atoms with Crippen molar-refractivity contribution >= 4 is 10.9 Å². The van der Waals surface area contributed by atoms with Gasteiger partial charge in [-0.3, -0.25) is 0 Å². The van der Waals surface area contributed by atoms with Gasteiger partial charge >= 0.3 is 0 Å². The van der Waals surface area contributed by atoms with Gasteiger partial charge in [0.05, 0.1) is 6.26 Å². The highest BCUT2D eigenvalue weighted by atomic mass is 16.4. The van der Waals surface area contributed by atoms with Crippen LogP contribution >= 0.6 is 0 Å². The highest BCUT2D eigenvalue weighted by molar-refractivity contribution is 5.85. The minimum Gasteiger partial charge on any atom is -0.467 e. The van der Waals surface area contributed by atoms with Gasteiger partial charge in [-0.15, -0.1) is 0 Å². The largest absolute Gasteiger partial charge is 0.467 e. The summed E-state index contributed by atoms with van der Waals surface area (Å²) in [4.78, 5) is 3.56. The Morgan fingerprint density at radius 2 is 2.30 bits per heavy atom. The van der Waals surface area contributed by atoms with Gasteiger partial charge in [-0.2, -0.15) is 0 Å². The Labute approximate surface area is 135 Å². The number of furan rings is 1. The normalized spacial score (nSPS) is 19.0. The zero-order valence-corrected chi connectivity index (χ0v) is 13.3. The van der Waals surface area contributed by atoms with Crippen LogP contribution in [0, 0.1) is 6.92 Å². The monoisotopic (exact) mass is 310 g/mol. The Hall–Kier alpha value is -2.04. The van der Waals surface area contributed by atoms with E-state index in [4.69, 9.17) is 4.42 Å². The molecule has 0 saturated carbocycles. The van der Waals surface area contributed by atoms with Crippen LogP contribution in [0.2, 0.25) is 0 Å². The molecule has 1 aliphatic carbocycles. The number of aromatic amines is 1. The van der Waals surface area contributed by atoms with Crippen LogP contribution in [-0.4, -0.2) is 22.7 Å². The molecule has 3 aromatic rings.